The van der Waals surface area contributed by atoms with Gasteiger partial charge in [-0.15, -0.1) is 0 Å². The fourth-order valence-corrected chi connectivity index (χ4v) is 4.71. The van der Waals surface area contributed by atoms with E-state index in [1.165, 1.54) is 12.8 Å². The Morgan fingerprint density at radius 1 is 1.09 bits per heavy atom. The van der Waals surface area contributed by atoms with Gasteiger partial charge >= 0.3 is 5.84 Å². The van der Waals surface area contributed by atoms with Crippen molar-refractivity contribution in [1.29, 1.82) is 0 Å². The number of nitrogens with zero attached hydrogens (tertiary/aromatic N) is 7. The van der Waals surface area contributed by atoms with Crippen LogP contribution in [0.2, 0.25) is 0 Å². The lowest BCUT2D eigenvalue weighted by Crippen LogP contribution is -2.29. The molecule has 0 unspecified atom stereocenters. The summed E-state index contributed by atoms with van der Waals surface area (Å²) in [4.78, 5) is 25.0. The van der Waals surface area contributed by atoms with Crippen LogP contribution in [0.5, 0.6) is 0 Å². The average Bonchev–Trinajstić information content (AvgIpc) is 3.63. The molecule has 0 aliphatic carbocycles. The number of oxazole rings is 1. The third-order valence-electron chi connectivity index (χ3n) is 6.60. The first-order valence-electron chi connectivity index (χ1n) is 11.8. The van der Waals surface area contributed by atoms with Gasteiger partial charge < -0.3 is 9.32 Å². The van der Waals surface area contributed by atoms with E-state index in [9.17, 15) is 4.79 Å². The Balaban J connectivity index is 1.44. The van der Waals surface area contributed by atoms with Crippen molar-refractivity contribution in [2.24, 2.45) is 0 Å². The molecule has 34 heavy (non-hydrogen) atoms. The first kappa shape index (κ1) is 20.9. The highest BCUT2D eigenvalue weighted by Crippen LogP contribution is 2.33. The molecule has 174 valence electrons. The van der Waals surface area contributed by atoms with Crippen LogP contribution in [0.4, 0.5) is 0 Å². The predicted octanol–water partition coefficient (Wildman–Crippen LogP) is 3.84. The summed E-state index contributed by atoms with van der Waals surface area (Å²) in [5.41, 5.74) is 3.85. The minimum absolute atomic E-state index is 0.0235. The van der Waals surface area contributed by atoms with Gasteiger partial charge in [0.05, 0.1) is 22.9 Å². The van der Waals surface area contributed by atoms with Crippen LogP contribution in [-0.2, 0) is 6.54 Å². The molecule has 6 rings (SSSR count). The molecule has 1 aromatic carbocycles. The van der Waals surface area contributed by atoms with Gasteiger partial charge in [-0.1, -0.05) is 6.07 Å². The van der Waals surface area contributed by atoms with Gasteiger partial charge in [-0.05, 0) is 58.0 Å². The Kier molecular flexibility index (Phi) is 5.06. The second-order valence-corrected chi connectivity index (χ2v) is 9.16. The molecule has 0 amide bonds. The van der Waals surface area contributed by atoms with E-state index in [0.717, 1.165) is 42.3 Å². The highest BCUT2D eigenvalue weighted by Gasteiger charge is 2.21. The molecule has 0 spiro atoms. The van der Waals surface area contributed by atoms with Crippen molar-refractivity contribution >= 4 is 16.7 Å². The zero-order valence-electron chi connectivity index (χ0n) is 19.4. The minimum atomic E-state index is -0.0235. The van der Waals surface area contributed by atoms with Gasteiger partial charge in [0, 0.05) is 37.1 Å². The lowest BCUT2D eigenvalue weighted by Gasteiger charge is -2.15. The number of aromatic nitrogens is 6. The van der Waals surface area contributed by atoms with Crippen molar-refractivity contribution in [2.45, 2.75) is 39.3 Å². The molecule has 0 saturated carbocycles. The first-order valence-corrected chi connectivity index (χ1v) is 11.8. The van der Waals surface area contributed by atoms with E-state index in [1.54, 1.807) is 17.2 Å². The van der Waals surface area contributed by atoms with E-state index < -0.39 is 0 Å². The molecule has 9 nitrogen and oxygen atoms in total. The van der Waals surface area contributed by atoms with Crippen molar-refractivity contribution in [3.63, 3.8) is 0 Å². The SMILES string of the molecule is CC(C)n1ccc(-c2nc3occn3c2-c2ccc3ncn(CCN4CCCC4)c(=O)c3c2)n1. The molecule has 0 radical (unpaired) electrons. The Labute approximate surface area is 196 Å². The molecular formula is C25H27N7O2. The Morgan fingerprint density at radius 2 is 1.94 bits per heavy atom. The standard InChI is InChI=1S/C25H27N7O2/c1-17(2)32-10-7-21(28-32)22-23(31-13-14-34-25(31)27-22)18-5-6-20-19(15-18)24(33)30(16-26-20)12-11-29-8-3-4-9-29/h5-7,10,13-17H,3-4,8-9,11-12H2,1-2H3. The monoisotopic (exact) mass is 457 g/mol. The maximum Gasteiger partial charge on any atom is 0.306 e. The number of rotatable bonds is 6. The maximum atomic E-state index is 13.3. The zero-order valence-corrected chi connectivity index (χ0v) is 19.4. The fourth-order valence-electron chi connectivity index (χ4n) is 4.71. The van der Waals surface area contributed by atoms with E-state index in [-0.39, 0.29) is 11.6 Å². The van der Waals surface area contributed by atoms with Crippen LogP contribution < -0.4 is 5.56 Å². The van der Waals surface area contributed by atoms with Gasteiger partial charge in [0.2, 0.25) is 0 Å². The topological polar surface area (TPSA) is 86.4 Å². The molecule has 5 heterocycles. The molecule has 0 atom stereocenters. The predicted molar refractivity (Wildman–Crippen MR) is 130 cm³/mol. The normalized spacial score (nSPS) is 14.8. The van der Waals surface area contributed by atoms with Gasteiger partial charge in [0.15, 0.2) is 0 Å². The van der Waals surface area contributed by atoms with E-state index in [2.05, 4.69) is 23.7 Å². The van der Waals surface area contributed by atoms with Crippen LogP contribution in [0.1, 0.15) is 32.7 Å². The van der Waals surface area contributed by atoms with Crippen molar-refractivity contribution < 1.29 is 4.42 Å². The number of hydrogen-bond donors (Lipinski definition) is 0. The van der Waals surface area contributed by atoms with Crippen molar-refractivity contribution in [1.82, 2.24) is 33.6 Å². The summed E-state index contributed by atoms with van der Waals surface area (Å²) < 4.78 is 11.1. The lowest BCUT2D eigenvalue weighted by atomic mass is 10.1. The van der Waals surface area contributed by atoms with Gasteiger partial charge in [0.1, 0.15) is 17.7 Å². The summed E-state index contributed by atoms with van der Waals surface area (Å²) in [6, 6.07) is 7.99. The van der Waals surface area contributed by atoms with E-state index in [0.29, 0.717) is 23.3 Å². The van der Waals surface area contributed by atoms with Crippen molar-refractivity contribution in [3.05, 3.63) is 59.6 Å². The smallest absolute Gasteiger partial charge is 0.306 e. The number of imidazole rings is 1. The Morgan fingerprint density at radius 3 is 2.74 bits per heavy atom. The molecule has 5 aromatic rings. The summed E-state index contributed by atoms with van der Waals surface area (Å²) in [5, 5.41) is 5.31. The third-order valence-corrected chi connectivity index (χ3v) is 6.60. The molecule has 4 aromatic heterocycles. The van der Waals surface area contributed by atoms with Crippen LogP contribution in [0.25, 0.3) is 39.4 Å². The van der Waals surface area contributed by atoms with E-state index in [1.807, 2.05) is 45.7 Å². The molecule has 9 heteroatoms. The van der Waals surface area contributed by atoms with Crippen molar-refractivity contribution in [3.8, 4) is 22.6 Å². The van der Waals surface area contributed by atoms with Crippen molar-refractivity contribution in [2.75, 3.05) is 19.6 Å². The van der Waals surface area contributed by atoms with E-state index >= 15 is 0 Å². The summed E-state index contributed by atoms with van der Waals surface area (Å²) in [6.45, 7) is 7.90. The quantitative estimate of drug-likeness (QED) is 0.385. The number of benzene rings is 1. The second-order valence-electron chi connectivity index (χ2n) is 9.16. The van der Waals surface area contributed by atoms with Crippen LogP contribution in [0.15, 0.2) is 58.5 Å². The Hall–Kier alpha value is -3.72. The molecule has 1 saturated heterocycles. The highest BCUT2D eigenvalue weighted by molar-refractivity contribution is 5.87. The third kappa shape index (κ3) is 3.52. The molecule has 1 fully saturated rings. The lowest BCUT2D eigenvalue weighted by molar-refractivity contribution is 0.320. The minimum Gasteiger partial charge on any atom is -0.432 e. The molecule has 0 bridgehead atoms. The van der Waals surface area contributed by atoms with Crippen LogP contribution in [0.3, 0.4) is 0 Å². The maximum absolute atomic E-state index is 13.3. The average molecular weight is 458 g/mol. The number of fused-ring (bicyclic) bond motifs is 2. The molecule has 1 aliphatic rings. The van der Waals surface area contributed by atoms with Crippen LogP contribution >= 0.6 is 0 Å². The number of hydrogen-bond acceptors (Lipinski definition) is 6. The van der Waals surface area contributed by atoms with Gasteiger partial charge in [0.25, 0.3) is 5.56 Å². The molecule has 0 N–H and O–H groups in total. The highest BCUT2D eigenvalue weighted by atomic mass is 16.3. The summed E-state index contributed by atoms with van der Waals surface area (Å²) in [7, 11) is 0. The Bertz CT molecular complexity index is 1530. The molecular weight excluding hydrogens is 430 g/mol. The summed E-state index contributed by atoms with van der Waals surface area (Å²) >= 11 is 0. The van der Waals surface area contributed by atoms with Crippen LogP contribution in [-0.4, -0.2) is 53.3 Å². The van der Waals surface area contributed by atoms with Crippen LogP contribution in [0, 0.1) is 0 Å². The fraction of sp³-hybridized carbons (Fsp3) is 0.360. The van der Waals surface area contributed by atoms with E-state index in [4.69, 9.17) is 14.5 Å². The van der Waals surface area contributed by atoms with Gasteiger partial charge in [-0.3, -0.25) is 18.4 Å². The zero-order chi connectivity index (χ0) is 23.2. The van der Waals surface area contributed by atoms with Gasteiger partial charge in [-0.2, -0.15) is 10.1 Å². The first-order chi connectivity index (χ1) is 16.6. The summed E-state index contributed by atoms with van der Waals surface area (Å²) in [5.74, 6) is 0.485. The summed E-state index contributed by atoms with van der Waals surface area (Å²) in [6.07, 6.45) is 9.53. The number of likely N-dealkylation sites (tertiary alicyclic amines) is 1. The second kappa shape index (κ2) is 8.25. The van der Waals surface area contributed by atoms with Gasteiger partial charge in [-0.25, -0.2) is 4.98 Å². The molecule has 1 aliphatic heterocycles. The largest absolute Gasteiger partial charge is 0.432 e.